The first kappa shape index (κ1) is 24.6. The standard InChI is InChI=1S/C25H37ClN8/c1-4-20-16-33(25-23(26)30-22(17(2)29-3)24(28)31-25)13-14-34(20)21-9-11-32(12-10-21)15-18-5-7-19(27)8-6-18/h5-8,20-21,29H,2,4,9-16,27H2,1,3H3,(H2,28,31)/t20-/m0/s1. The van der Waals surface area contributed by atoms with Gasteiger partial charge in [-0.1, -0.05) is 37.2 Å². The maximum atomic E-state index is 6.54. The van der Waals surface area contributed by atoms with Crippen LogP contribution in [0.15, 0.2) is 30.8 Å². The lowest BCUT2D eigenvalue weighted by Crippen LogP contribution is -2.58. The van der Waals surface area contributed by atoms with Gasteiger partial charge >= 0.3 is 0 Å². The van der Waals surface area contributed by atoms with Crippen LogP contribution >= 0.6 is 11.6 Å². The summed E-state index contributed by atoms with van der Waals surface area (Å²) in [6.07, 6.45) is 3.47. The van der Waals surface area contributed by atoms with Crippen molar-refractivity contribution >= 4 is 34.6 Å². The lowest BCUT2D eigenvalue weighted by atomic mass is 9.98. The SMILES string of the molecule is C=C(NC)c1nc(Cl)c(N2CCN(C3CCN(Cc4ccc(N)cc4)CC3)[C@@H](CC)C2)nc1N. The lowest BCUT2D eigenvalue weighted by Gasteiger charge is -2.47. The Morgan fingerprint density at radius 3 is 2.47 bits per heavy atom. The van der Waals surface area contributed by atoms with Crippen LogP contribution in [0.4, 0.5) is 17.3 Å². The number of piperazine rings is 1. The van der Waals surface area contributed by atoms with Gasteiger partial charge in [0.25, 0.3) is 0 Å². The molecule has 1 aromatic carbocycles. The average molecular weight is 485 g/mol. The number of hydrogen-bond donors (Lipinski definition) is 3. The third kappa shape index (κ3) is 5.40. The fourth-order valence-electron chi connectivity index (χ4n) is 5.16. The molecule has 0 radical (unpaired) electrons. The van der Waals surface area contributed by atoms with E-state index in [1.807, 2.05) is 12.1 Å². The maximum absolute atomic E-state index is 6.54. The molecular formula is C25H37ClN8. The number of halogens is 1. The summed E-state index contributed by atoms with van der Waals surface area (Å²) in [5, 5.41) is 3.34. The van der Waals surface area contributed by atoms with Crippen LogP contribution in [0.1, 0.15) is 37.4 Å². The van der Waals surface area contributed by atoms with Crippen molar-refractivity contribution in [3.05, 3.63) is 47.3 Å². The number of anilines is 3. The molecule has 4 rings (SSSR count). The highest BCUT2D eigenvalue weighted by Crippen LogP contribution is 2.30. The highest BCUT2D eigenvalue weighted by molar-refractivity contribution is 6.31. The highest BCUT2D eigenvalue weighted by atomic mass is 35.5. The van der Waals surface area contributed by atoms with Gasteiger partial charge in [0.15, 0.2) is 16.8 Å². The van der Waals surface area contributed by atoms with Crippen LogP contribution in [0.3, 0.4) is 0 Å². The molecule has 0 saturated carbocycles. The molecule has 5 N–H and O–H groups in total. The fourth-order valence-corrected chi connectivity index (χ4v) is 5.40. The zero-order valence-electron chi connectivity index (χ0n) is 20.3. The van der Waals surface area contributed by atoms with E-state index in [-0.39, 0.29) is 0 Å². The fraction of sp³-hybridized carbons (Fsp3) is 0.520. The molecule has 2 saturated heterocycles. The lowest BCUT2D eigenvalue weighted by molar-refractivity contribution is 0.0610. The molecule has 2 aliphatic rings. The van der Waals surface area contributed by atoms with Gasteiger partial charge in [0, 0.05) is 51.0 Å². The van der Waals surface area contributed by atoms with Crippen LogP contribution in [0.2, 0.25) is 5.15 Å². The van der Waals surface area contributed by atoms with Gasteiger partial charge in [-0.15, -0.1) is 0 Å². The van der Waals surface area contributed by atoms with Gasteiger partial charge in [0.2, 0.25) is 0 Å². The van der Waals surface area contributed by atoms with E-state index in [0.29, 0.717) is 40.3 Å². The number of benzene rings is 1. The number of likely N-dealkylation sites (tertiary alicyclic amines) is 1. The van der Waals surface area contributed by atoms with E-state index in [1.54, 1.807) is 7.05 Å². The summed E-state index contributed by atoms with van der Waals surface area (Å²) in [4.78, 5) is 16.6. The quantitative estimate of drug-likeness (QED) is 0.516. The Hall–Kier alpha value is -2.55. The molecule has 0 aliphatic carbocycles. The summed E-state index contributed by atoms with van der Waals surface area (Å²) in [5.41, 5.74) is 15.3. The van der Waals surface area contributed by atoms with E-state index in [1.165, 1.54) is 18.4 Å². The number of aromatic nitrogens is 2. The molecule has 1 atom stereocenters. The average Bonchev–Trinajstić information content (AvgIpc) is 2.86. The third-order valence-corrected chi connectivity index (χ3v) is 7.42. The zero-order chi connectivity index (χ0) is 24.2. The molecular weight excluding hydrogens is 448 g/mol. The minimum absolute atomic E-state index is 0.350. The van der Waals surface area contributed by atoms with Crippen LogP contribution in [0.25, 0.3) is 5.70 Å². The Labute approximate surface area is 208 Å². The second-order valence-electron chi connectivity index (χ2n) is 9.30. The first-order chi connectivity index (χ1) is 16.4. The van der Waals surface area contributed by atoms with Crippen molar-refractivity contribution < 1.29 is 0 Å². The Morgan fingerprint density at radius 2 is 1.82 bits per heavy atom. The maximum Gasteiger partial charge on any atom is 0.172 e. The molecule has 0 amide bonds. The van der Waals surface area contributed by atoms with E-state index < -0.39 is 0 Å². The molecule has 2 aromatic rings. The molecule has 2 fully saturated rings. The van der Waals surface area contributed by atoms with Crippen LogP contribution in [-0.2, 0) is 6.54 Å². The smallest absolute Gasteiger partial charge is 0.172 e. The summed E-state index contributed by atoms with van der Waals surface area (Å²) in [7, 11) is 1.78. The van der Waals surface area contributed by atoms with Crippen LogP contribution in [0.5, 0.6) is 0 Å². The predicted octanol–water partition coefficient (Wildman–Crippen LogP) is 3.05. The minimum atomic E-state index is 0.350. The van der Waals surface area contributed by atoms with Crippen molar-refractivity contribution in [3.8, 4) is 0 Å². The van der Waals surface area contributed by atoms with Crippen molar-refractivity contribution in [3.63, 3.8) is 0 Å². The Bertz CT molecular complexity index is 987. The molecule has 0 unspecified atom stereocenters. The third-order valence-electron chi connectivity index (χ3n) is 7.16. The van der Waals surface area contributed by atoms with Crippen molar-refractivity contribution in [2.24, 2.45) is 0 Å². The van der Waals surface area contributed by atoms with E-state index in [2.05, 4.69) is 55.6 Å². The second-order valence-corrected chi connectivity index (χ2v) is 9.65. The van der Waals surface area contributed by atoms with E-state index in [0.717, 1.165) is 51.4 Å². The topological polar surface area (TPSA) is 99.6 Å². The largest absolute Gasteiger partial charge is 0.399 e. The van der Waals surface area contributed by atoms with Gasteiger partial charge < -0.3 is 21.7 Å². The first-order valence-corrected chi connectivity index (χ1v) is 12.5. The minimum Gasteiger partial charge on any atom is -0.399 e. The van der Waals surface area contributed by atoms with Gasteiger partial charge in [-0.2, -0.15) is 0 Å². The van der Waals surface area contributed by atoms with Gasteiger partial charge in [0.1, 0.15) is 5.69 Å². The van der Waals surface area contributed by atoms with E-state index in [4.69, 9.17) is 23.1 Å². The van der Waals surface area contributed by atoms with Gasteiger partial charge in [-0.3, -0.25) is 9.80 Å². The van der Waals surface area contributed by atoms with Crippen molar-refractivity contribution in [2.45, 2.75) is 44.8 Å². The summed E-state index contributed by atoms with van der Waals surface area (Å²) >= 11 is 6.54. The monoisotopic (exact) mass is 484 g/mol. The van der Waals surface area contributed by atoms with E-state index in [9.17, 15) is 0 Å². The number of nitrogen functional groups attached to an aromatic ring is 2. The number of hydrogen-bond acceptors (Lipinski definition) is 8. The molecule has 34 heavy (non-hydrogen) atoms. The normalized spacial score (nSPS) is 20.4. The molecule has 3 heterocycles. The molecule has 1 aromatic heterocycles. The van der Waals surface area contributed by atoms with E-state index >= 15 is 0 Å². The summed E-state index contributed by atoms with van der Waals surface area (Å²) < 4.78 is 0. The molecule has 0 spiro atoms. The van der Waals surface area contributed by atoms with Crippen LogP contribution in [0, 0.1) is 0 Å². The van der Waals surface area contributed by atoms with Crippen molar-refractivity contribution in [2.75, 3.05) is 56.1 Å². The molecule has 184 valence electrons. The van der Waals surface area contributed by atoms with Gasteiger partial charge in [-0.25, -0.2) is 9.97 Å². The number of piperidine rings is 1. The summed E-state index contributed by atoms with van der Waals surface area (Å²) in [6.45, 7) is 12.2. The molecule has 8 nitrogen and oxygen atoms in total. The highest BCUT2D eigenvalue weighted by Gasteiger charge is 2.34. The van der Waals surface area contributed by atoms with Crippen LogP contribution < -0.4 is 21.7 Å². The second kappa shape index (κ2) is 10.8. The van der Waals surface area contributed by atoms with Crippen molar-refractivity contribution in [1.29, 1.82) is 0 Å². The zero-order valence-corrected chi connectivity index (χ0v) is 21.1. The molecule has 0 bridgehead atoms. The summed E-state index contributed by atoms with van der Waals surface area (Å²) in [5.74, 6) is 1.02. The summed E-state index contributed by atoms with van der Waals surface area (Å²) in [6, 6.07) is 9.31. The predicted molar refractivity (Wildman–Crippen MR) is 142 cm³/mol. The number of nitrogens with zero attached hydrogens (tertiary/aromatic N) is 5. The number of rotatable bonds is 7. The Kier molecular flexibility index (Phi) is 7.80. The van der Waals surface area contributed by atoms with Crippen LogP contribution in [-0.4, -0.2) is 71.6 Å². The Balaban J connectivity index is 1.36. The van der Waals surface area contributed by atoms with Gasteiger partial charge in [-0.05, 0) is 50.0 Å². The first-order valence-electron chi connectivity index (χ1n) is 12.2. The van der Waals surface area contributed by atoms with Gasteiger partial charge in [0.05, 0.1) is 5.70 Å². The Morgan fingerprint density at radius 1 is 1.12 bits per heavy atom. The number of nitrogens with two attached hydrogens (primary N) is 2. The molecule has 9 heteroatoms. The molecule has 2 aliphatic heterocycles. The van der Waals surface area contributed by atoms with Crippen molar-refractivity contribution in [1.82, 2.24) is 25.1 Å². The number of nitrogens with one attached hydrogen (secondary N) is 1.